The van der Waals surface area contributed by atoms with Crippen LogP contribution < -0.4 is 9.47 Å². The maximum absolute atomic E-state index is 12.0. The third-order valence-corrected chi connectivity index (χ3v) is 5.76. The van der Waals surface area contributed by atoms with Crippen molar-refractivity contribution in [3.8, 4) is 11.5 Å². The Kier molecular flexibility index (Phi) is 5.41. The number of benzene rings is 3. The van der Waals surface area contributed by atoms with Crippen LogP contribution in [0.5, 0.6) is 11.5 Å². The van der Waals surface area contributed by atoms with Crippen molar-refractivity contribution in [2.24, 2.45) is 0 Å². The number of hydrogen-bond acceptors (Lipinski definition) is 4. The normalized spacial score (nSPS) is 17.9. The number of ether oxygens (including phenoxy) is 2. The summed E-state index contributed by atoms with van der Waals surface area (Å²) in [7, 11) is 3.24. The Bertz CT molecular complexity index is 1030. The first kappa shape index (κ1) is 19.3. The Labute approximate surface area is 170 Å². The number of carbonyl (C=O) groups is 1. The molecule has 0 radical (unpaired) electrons. The second-order valence-electron chi connectivity index (χ2n) is 7.29. The zero-order valence-electron chi connectivity index (χ0n) is 16.7. The fraction of sp³-hybridized carbons (Fsp3) is 0.292. The van der Waals surface area contributed by atoms with Gasteiger partial charge in [-0.3, -0.25) is 9.69 Å². The van der Waals surface area contributed by atoms with Crippen LogP contribution in [0.1, 0.15) is 30.0 Å². The first-order chi connectivity index (χ1) is 14.2. The molecule has 1 saturated heterocycles. The van der Waals surface area contributed by atoms with Crippen LogP contribution in [-0.4, -0.2) is 42.8 Å². The highest BCUT2D eigenvalue weighted by atomic mass is 16.5. The van der Waals surface area contributed by atoms with Crippen molar-refractivity contribution in [3.05, 3.63) is 71.8 Å². The predicted molar refractivity (Wildman–Crippen MR) is 113 cm³/mol. The average molecular weight is 391 g/mol. The standard InChI is InChI=1S/C24H25NO4/c1-28-21-14-6-12-19(23(21)29-2)22(25-15-7-13-20(25)24(26)27)18-11-5-9-16-8-3-4-10-17(16)18/h3-6,8-12,14,20,22H,7,13,15H2,1-2H3,(H,26,27). The zero-order chi connectivity index (χ0) is 20.4. The summed E-state index contributed by atoms with van der Waals surface area (Å²) >= 11 is 0. The Hall–Kier alpha value is -3.05. The first-order valence-corrected chi connectivity index (χ1v) is 9.82. The van der Waals surface area contributed by atoms with Crippen LogP contribution in [0.2, 0.25) is 0 Å². The van der Waals surface area contributed by atoms with Crippen molar-refractivity contribution >= 4 is 16.7 Å². The van der Waals surface area contributed by atoms with E-state index in [2.05, 4.69) is 29.2 Å². The van der Waals surface area contributed by atoms with Crippen molar-refractivity contribution in [1.82, 2.24) is 4.90 Å². The summed E-state index contributed by atoms with van der Waals surface area (Å²) in [6, 6.07) is 19.4. The summed E-state index contributed by atoms with van der Waals surface area (Å²) in [5.41, 5.74) is 1.99. The molecule has 0 spiro atoms. The van der Waals surface area contributed by atoms with Crippen LogP contribution in [0.25, 0.3) is 10.8 Å². The van der Waals surface area contributed by atoms with Crippen LogP contribution >= 0.6 is 0 Å². The molecule has 2 atom stereocenters. The van der Waals surface area contributed by atoms with Gasteiger partial charge in [0.2, 0.25) is 0 Å². The summed E-state index contributed by atoms with van der Waals surface area (Å²) in [5.74, 6) is 0.500. The molecule has 0 saturated carbocycles. The van der Waals surface area contributed by atoms with E-state index in [1.54, 1.807) is 14.2 Å². The molecule has 5 heteroatoms. The van der Waals surface area contributed by atoms with E-state index in [0.717, 1.165) is 28.3 Å². The summed E-state index contributed by atoms with van der Waals surface area (Å²) in [6.07, 6.45) is 1.49. The maximum atomic E-state index is 12.0. The van der Waals surface area contributed by atoms with Gasteiger partial charge in [-0.05, 0) is 35.2 Å². The molecule has 1 aliphatic heterocycles. The molecule has 1 aliphatic rings. The van der Waals surface area contributed by atoms with Crippen LogP contribution in [-0.2, 0) is 4.79 Å². The number of para-hydroxylation sites is 1. The third-order valence-electron chi connectivity index (χ3n) is 5.76. The van der Waals surface area contributed by atoms with E-state index >= 15 is 0 Å². The first-order valence-electron chi connectivity index (χ1n) is 9.82. The quantitative estimate of drug-likeness (QED) is 0.671. The molecule has 1 heterocycles. The lowest BCUT2D eigenvalue weighted by Crippen LogP contribution is -2.39. The number of likely N-dealkylation sites (tertiary alicyclic amines) is 1. The largest absolute Gasteiger partial charge is 0.493 e. The maximum Gasteiger partial charge on any atom is 0.320 e. The Morgan fingerprint density at radius 1 is 1.00 bits per heavy atom. The van der Waals surface area contributed by atoms with E-state index in [1.807, 2.05) is 36.4 Å². The lowest BCUT2D eigenvalue weighted by Gasteiger charge is -2.33. The van der Waals surface area contributed by atoms with Crippen LogP contribution in [0.15, 0.2) is 60.7 Å². The molecular weight excluding hydrogens is 366 g/mol. The number of fused-ring (bicyclic) bond motifs is 1. The van der Waals surface area contributed by atoms with Gasteiger partial charge in [0.15, 0.2) is 11.5 Å². The molecule has 0 bridgehead atoms. The van der Waals surface area contributed by atoms with Gasteiger partial charge in [0.05, 0.1) is 20.3 Å². The van der Waals surface area contributed by atoms with Gasteiger partial charge in [-0.15, -0.1) is 0 Å². The molecule has 150 valence electrons. The molecule has 0 aromatic heterocycles. The summed E-state index contributed by atoms with van der Waals surface area (Å²) in [5, 5.41) is 12.1. The zero-order valence-corrected chi connectivity index (χ0v) is 16.7. The summed E-state index contributed by atoms with van der Waals surface area (Å²) < 4.78 is 11.3. The minimum Gasteiger partial charge on any atom is -0.493 e. The highest BCUT2D eigenvalue weighted by Gasteiger charge is 2.38. The van der Waals surface area contributed by atoms with E-state index in [-0.39, 0.29) is 6.04 Å². The fourth-order valence-electron chi connectivity index (χ4n) is 4.50. The lowest BCUT2D eigenvalue weighted by molar-refractivity contribution is -0.142. The second-order valence-corrected chi connectivity index (χ2v) is 7.29. The van der Waals surface area contributed by atoms with E-state index in [1.165, 1.54) is 0 Å². The van der Waals surface area contributed by atoms with Crippen LogP contribution in [0, 0.1) is 0 Å². The number of carboxylic acids is 1. The monoisotopic (exact) mass is 391 g/mol. The van der Waals surface area contributed by atoms with Gasteiger partial charge in [-0.1, -0.05) is 54.6 Å². The molecular formula is C24H25NO4. The average Bonchev–Trinajstić information content (AvgIpc) is 3.23. The minimum absolute atomic E-state index is 0.255. The molecule has 2 unspecified atom stereocenters. The number of carboxylic acid groups (broad SMARTS) is 1. The fourth-order valence-corrected chi connectivity index (χ4v) is 4.50. The molecule has 3 aromatic carbocycles. The van der Waals surface area contributed by atoms with Gasteiger partial charge >= 0.3 is 5.97 Å². The topological polar surface area (TPSA) is 59.0 Å². The van der Waals surface area contributed by atoms with Crippen molar-refractivity contribution < 1.29 is 19.4 Å². The van der Waals surface area contributed by atoms with Gasteiger partial charge < -0.3 is 14.6 Å². The van der Waals surface area contributed by atoms with E-state index in [4.69, 9.17) is 9.47 Å². The molecule has 1 N–H and O–H groups in total. The molecule has 1 fully saturated rings. The number of nitrogens with zero attached hydrogens (tertiary/aromatic N) is 1. The molecule has 5 nitrogen and oxygen atoms in total. The van der Waals surface area contributed by atoms with Gasteiger partial charge in [0.1, 0.15) is 6.04 Å². The molecule has 0 amide bonds. The van der Waals surface area contributed by atoms with Crippen molar-refractivity contribution in [3.63, 3.8) is 0 Å². The van der Waals surface area contributed by atoms with Gasteiger partial charge in [-0.25, -0.2) is 0 Å². The molecule has 3 aromatic rings. The Morgan fingerprint density at radius 2 is 1.72 bits per heavy atom. The van der Waals surface area contributed by atoms with Gasteiger partial charge in [0, 0.05) is 12.1 Å². The van der Waals surface area contributed by atoms with Crippen molar-refractivity contribution in [2.45, 2.75) is 24.9 Å². The Morgan fingerprint density at radius 3 is 2.48 bits per heavy atom. The van der Waals surface area contributed by atoms with Gasteiger partial charge in [0.25, 0.3) is 0 Å². The highest BCUT2D eigenvalue weighted by Crippen LogP contribution is 2.44. The van der Waals surface area contributed by atoms with E-state index < -0.39 is 12.0 Å². The number of hydrogen-bond donors (Lipinski definition) is 1. The lowest BCUT2D eigenvalue weighted by atomic mass is 9.91. The van der Waals surface area contributed by atoms with Crippen molar-refractivity contribution in [1.29, 1.82) is 0 Å². The summed E-state index contributed by atoms with van der Waals surface area (Å²) in [4.78, 5) is 14.1. The molecule has 4 rings (SSSR count). The SMILES string of the molecule is COc1cccc(C(c2cccc3ccccc23)N2CCCC2C(=O)O)c1OC. The predicted octanol–water partition coefficient (Wildman–Crippen LogP) is 4.50. The smallest absolute Gasteiger partial charge is 0.320 e. The van der Waals surface area contributed by atoms with E-state index in [0.29, 0.717) is 24.5 Å². The summed E-state index contributed by atoms with van der Waals surface area (Å²) in [6.45, 7) is 0.714. The number of aliphatic carboxylic acids is 1. The molecule has 29 heavy (non-hydrogen) atoms. The number of methoxy groups -OCH3 is 2. The third kappa shape index (κ3) is 3.42. The van der Waals surface area contributed by atoms with Crippen molar-refractivity contribution in [2.75, 3.05) is 20.8 Å². The highest BCUT2D eigenvalue weighted by molar-refractivity contribution is 5.87. The molecule has 0 aliphatic carbocycles. The number of rotatable bonds is 6. The van der Waals surface area contributed by atoms with Gasteiger partial charge in [-0.2, -0.15) is 0 Å². The van der Waals surface area contributed by atoms with Crippen LogP contribution in [0.3, 0.4) is 0 Å². The van der Waals surface area contributed by atoms with E-state index in [9.17, 15) is 9.90 Å². The Balaban J connectivity index is 1.97. The van der Waals surface area contributed by atoms with Crippen LogP contribution in [0.4, 0.5) is 0 Å². The second kappa shape index (κ2) is 8.13. The minimum atomic E-state index is -0.783.